The van der Waals surface area contributed by atoms with Crippen LogP contribution in [-0.2, 0) is 11.2 Å². The summed E-state index contributed by atoms with van der Waals surface area (Å²) < 4.78 is 18.3. The first-order valence-electron chi connectivity index (χ1n) is 4.70. The molecule has 0 aliphatic carbocycles. The van der Waals surface area contributed by atoms with Gasteiger partial charge in [-0.15, -0.1) is 0 Å². The minimum atomic E-state index is -0.763. The number of aromatic hydroxyl groups is 1. The molecule has 0 atom stereocenters. The maximum atomic E-state index is 13.8. The van der Waals surface area contributed by atoms with Gasteiger partial charge in [-0.25, -0.2) is 9.18 Å². The number of carbonyl (C=O) groups excluding carboxylic acids is 1. The number of phenolic OH excluding ortho intramolecular Hbond substituents is 1. The maximum Gasteiger partial charge on any atom is 0.340 e. The monoisotopic (exact) mass is 224 g/mol. The number of carbonyl (C=O) groups is 1. The van der Waals surface area contributed by atoms with E-state index in [9.17, 15) is 14.3 Å². The van der Waals surface area contributed by atoms with Gasteiger partial charge in [0.05, 0.1) is 12.7 Å². The zero-order valence-electron chi connectivity index (χ0n) is 9.21. The summed E-state index contributed by atoms with van der Waals surface area (Å²) in [6, 6.07) is 2.46. The SMILES string of the molecule is C=C(C)Cc1c(O)ccc(C(=O)OC)c1F. The Hall–Kier alpha value is -1.84. The Morgan fingerprint density at radius 3 is 2.69 bits per heavy atom. The van der Waals surface area contributed by atoms with Crippen molar-refractivity contribution in [3.8, 4) is 5.75 Å². The fourth-order valence-corrected chi connectivity index (χ4v) is 1.35. The number of methoxy groups -OCH3 is 1. The third kappa shape index (κ3) is 2.39. The standard InChI is InChI=1S/C12H13FO3/c1-7(2)6-9-10(14)5-4-8(11(9)13)12(15)16-3/h4-5,14H,1,6H2,2-3H3. The lowest BCUT2D eigenvalue weighted by atomic mass is 10.0. The number of hydrogen-bond donors (Lipinski definition) is 1. The first-order valence-corrected chi connectivity index (χ1v) is 4.70. The van der Waals surface area contributed by atoms with Crippen LogP contribution in [0.5, 0.6) is 5.75 Å². The number of allylic oxidation sites excluding steroid dienone is 1. The van der Waals surface area contributed by atoms with Crippen molar-refractivity contribution in [1.29, 1.82) is 0 Å². The van der Waals surface area contributed by atoms with Crippen LogP contribution in [0.4, 0.5) is 4.39 Å². The number of halogens is 1. The molecule has 0 saturated carbocycles. The normalized spacial score (nSPS) is 9.94. The highest BCUT2D eigenvalue weighted by Crippen LogP contribution is 2.25. The van der Waals surface area contributed by atoms with E-state index in [-0.39, 0.29) is 23.3 Å². The van der Waals surface area contributed by atoms with Gasteiger partial charge in [0.25, 0.3) is 0 Å². The van der Waals surface area contributed by atoms with Crippen LogP contribution >= 0.6 is 0 Å². The Morgan fingerprint density at radius 2 is 2.19 bits per heavy atom. The number of phenols is 1. The Bertz CT molecular complexity index is 438. The lowest BCUT2D eigenvalue weighted by molar-refractivity contribution is 0.0595. The fraction of sp³-hybridized carbons (Fsp3) is 0.250. The van der Waals surface area contributed by atoms with Crippen molar-refractivity contribution in [1.82, 2.24) is 0 Å². The second-order valence-electron chi connectivity index (χ2n) is 3.55. The first kappa shape index (κ1) is 12.2. The molecule has 0 bridgehead atoms. The summed E-state index contributed by atoms with van der Waals surface area (Å²) in [6.07, 6.45) is 0.183. The molecule has 0 radical (unpaired) electrons. The number of esters is 1. The van der Waals surface area contributed by atoms with Crippen molar-refractivity contribution >= 4 is 5.97 Å². The summed E-state index contributed by atoms with van der Waals surface area (Å²) in [4.78, 5) is 11.2. The molecule has 4 heteroatoms. The zero-order chi connectivity index (χ0) is 12.3. The minimum absolute atomic E-state index is 0.0652. The van der Waals surface area contributed by atoms with Gasteiger partial charge in [-0.2, -0.15) is 0 Å². The van der Waals surface area contributed by atoms with Crippen LogP contribution in [-0.4, -0.2) is 18.2 Å². The molecule has 0 aromatic heterocycles. The molecule has 86 valence electrons. The molecule has 0 aliphatic heterocycles. The van der Waals surface area contributed by atoms with Crippen LogP contribution in [0.15, 0.2) is 24.3 Å². The van der Waals surface area contributed by atoms with Gasteiger partial charge in [-0.3, -0.25) is 0 Å². The number of rotatable bonds is 3. The molecule has 1 aromatic rings. The van der Waals surface area contributed by atoms with E-state index >= 15 is 0 Å². The summed E-state index contributed by atoms with van der Waals surface area (Å²) in [5.41, 5.74) is 0.572. The van der Waals surface area contributed by atoms with E-state index in [1.807, 2.05) is 0 Å². The topological polar surface area (TPSA) is 46.5 Å². The largest absolute Gasteiger partial charge is 0.508 e. The molecule has 1 rings (SSSR count). The Labute approximate surface area is 93.2 Å². The summed E-state index contributed by atoms with van der Waals surface area (Å²) in [5, 5.41) is 9.49. The van der Waals surface area contributed by atoms with Crippen LogP contribution in [0.25, 0.3) is 0 Å². The predicted molar refractivity (Wildman–Crippen MR) is 57.9 cm³/mol. The Kier molecular flexibility index (Phi) is 3.66. The van der Waals surface area contributed by atoms with E-state index in [0.717, 1.165) is 0 Å². The zero-order valence-corrected chi connectivity index (χ0v) is 9.21. The molecular formula is C12H13FO3. The molecule has 0 unspecified atom stereocenters. The van der Waals surface area contributed by atoms with E-state index in [0.29, 0.717) is 5.57 Å². The molecule has 1 N–H and O–H groups in total. The highest BCUT2D eigenvalue weighted by atomic mass is 19.1. The molecule has 0 fully saturated rings. The molecule has 0 heterocycles. The van der Waals surface area contributed by atoms with Gasteiger partial charge in [-0.1, -0.05) is 12.2 Å². The Morgan fingerprint density at radius 1 is 1.56 bits per heavy atom. The van der Waals surface area contributed by atoms with Crippen molar-refractivity contribution < 1.29 is 19.0 Å². The minimum Gasteiger partial charge on any atom is -0.508 e. The molecule has 3 nitrogen and oxygen atoms in total. The third-order valence-corrected chi connectivity index (χ3v) is 2.10. The Balaban J connectivity index is 3.26. The van der Waals surface area contributed by atoms with E-state index in [1.165, 1.54) is 19.2 Å². The van der Waals surface area contributed by atoms with Crippen LogP contribution in [0.1, 0.15) is 22.8 Å². The van der Waals surface area contributed by atoms with Crippen molar-refractivity contribution in [2.45, 2.75) is 13.3 Å². The van der Waals surface area contributed by atoms with Crippen molar-refractivity contribution in [2.24, 2.45) is 0 Å². The maximum absolute atomic E-state index is 13.8. The van der Waals surface area contributed by atoms with Gasteiger partial charge in [0.15, 0.2) is 0 Å². The molecule has 0 saturated heterocycles. The summed E-state index contributed by atoms with van der Waals surface area (Å²) in [5.74, 6) is -1.71. The van der Waals surface area contributed by atoms with Gasteiger partial charge in [0.2, 0.25) is 0 Å². The molecule has 1 aromatic carbocycles. The van der Waals surface area contributed by atoms with Gasteiger partial charge in [-0.05, 0) is 25.5 Å². The van der Waals surface area contributed by atoms with Crippen LogP contribution in [0, 0.1) is 5.82 Å². The van der Waals surface area contributed by atoms with E-state index in [2.05, 4.69) is 11.3 Å². The molecular weight excluding hydrogens is 211 g/mol. The van der Waals surface area contributed by atoms with E-state index in [4.69, 9.17) is 0 Å². The number of benzene rings is 1. The van der Waals surface area contributed by atoms with Gasteiger partial charge < -0.3 is 9.84 Å². The fourth-order valence-electron chi connectivity index (χ4n) is 1.35. The highest BCUT2D eigenvalue weighted by Gasteiger charge is 2.18. The van der Waals surface area contributed by atoms with Crippen molar-refractivity contribution in [3.63, 3.8) is 0 Å². The number of ether oxygens (including phenoxy) is 1. The second-order valence-corrected chi connectivity index (χ2v) is 3.55. The predicted octanol–water partition coefficient (Wildman–Crippen LogP) is 2.44. The third-order valence-electron chi connectivity index (χ3n) is 2.10. The molecule has 0 amide bonds. The summed E-state index contributed by atoms with van der Waals surface area (Å²) >= 11 is 0. The van der Waals surface area contributed by atoms with E-state index < -0.39 is 11.8 Å². The van der Waals surface area contributed by atoms with Crippen LogP contribution in [0.2, 0.25) is 0 Å². The average molecular weight is 224 g/mol. The highest BCUT2D eigenvalue weighted by molar-refractivity contribution is 5.90. The van der Waals surface area contributed by atoms with Gasteiger partial charge in [0.1, 0.15) is 11.6 Å². The molecule has 0 aliphatic rings. The van der Waals surface area contributed by atoms with Crippen molar-refractivity contribution in [3.05, 3.63) is 41.2 Å². The van der Waals surface area contributed by atoms with Gasteiger partial charge >= 0.3 is 5.97 Å². The smallest absolute Gasteiger partial charge is 0.340 e. The summed E-state index contributed by atoms with van der Waals surface area (Å²) in [7, 11) is 1.17. The first-order chi connectivity index (χ1) is 7.47. The van der Waals surface area contributed by atoms with Crippen molar-refractivity contribution in [2.75, 3.05) is 7.11 Å². The van der Waals surface area contributed by atoms with Gasteiger partial charge in [0, 0.05) is 5.56 Å². The van der Waals surface area contributed by atoms with Crippen LogP contribution < -0.4 is 0 Å². The second kappa shape index (κ2) is 4.79. The summed E-state index contributed by atoms with van der Waals surface area (Å²) in [6.45, 7) is 5.35. The average Bonchev–Trinajstić information content (AvgIpc) is 2.23. The quantitative estimate of drug-likeness (QED) is 0.633. The lowest BCUT2D eigenvalue weighted by Gasteiger charge is -2.09. The number of hydrogen-bond acceptors (Lipinski definition) is 3. The van der Waals surface area contributed by atoms with E-state index in [1.54, 1.807) is 6.92 Å². The lowest BCUT2D eigenvalue weighted by Crippen LogP contribution is -2.07. The van der Waals surface area contributed by atoms with Crippen LogP contribution in [0.3, 0.4) is 0 Å². The molecule has 0 spiro atoms. The molecule has 16 heavy (non-hydrogen) atoms.